The Labute approximate surface area is 156 Å². The number of hydrogen-bond acceptors (Lipinski definition) is 4. The number of nitrogens with one attached hydrogen (secondary N) is 2. The van der Waals surface area contributed by atoms with Crippen molar-refractivity contribution in [2.24, 2.45) is 5.92 Å². The Balaban J connectivity index is 1.61. The van der Waals surface area contributed by atoms with E-state index in [1.807, 2.05) is 6.92 Å². The van der Waals surface area contributed by atoms with Gasteiger partial charge in [-0.3, -0.25) is 14.2 Å². The molecular formula is C19H23N3O3S. The number of aromatic nitrogens is 2. The fraction of sp³-hybridized carbons (Fsp3) is 0.526. The van der Waals surface area contributed by atoms with Gasteiger partial charge in [-0.15, -0.1) is 0 Å². The van der Waals surface area contributed by atoms with Crippen LogP contribution in [0.5, 0.6) is 0 Å². The average Bonchev–Trinajstić information content (AvgIpc) is 3.11. The van der Waals surface area contributed by atoms with Crippen molar-refractivity contribution >= 4 is 29.0 Å². The highest BCUT2D eigenvalue weighted by atomic mass is 32.1. The van der Waals surface area contributed by atoms with Gasteiger partial charge in [0, 0.05) is 30.7 Å². The molecule has 1 amide bonds. The van der Waals surface area contributed by atoms with Crippen LogP contribution in [0.2, 0.25) is 0 Å². The Morgan fingerprint density at radius 1 is 1.38 bits per heavy atom. The van der Waals surface area contributed by atoms with E-state index >= 15 is 0 Å². The molecule has 7 heteroatoms. The molecule has 2 aliphatic rings. The Morgan fingerprint density at radius 2 is 2.23 bits per heavy atom. The van der Waals surface area contributed by atoms with Crippen LogP contribution in [0, 0.1) is 10.7 Å². The van der Waals surface area contributed by atoms with Gasteiger partial charge < -0.3 is 15.0 Å². The molecule has 2 aromatic rings. The number of fused-ring (bicyclic) bond motifs is 2. The summed E-state index contributed by atoms with van der Waals surface area (Å²) in [6, 6.07) is 5.28. The summed E-state index contributed by atoms with van der Waals surface area (Å²) in [6.45, 7) is 3.18. The molecule has 0 radical (unpaired) electrons. The molecule has 6 nitrogen and oxygen atoms in total. The first-order valence-corrected chi connectivity index (χ1v) is 9.68. The molecule has 4 rings (SSSR count). The van der Waals surface area contributed by atoms with E-state index in [-0.39, 0.29) is 23.6 Å². The van der Waals surface area contributed by atoms with E-state index in [0.717, 1.165) is 32.3 Å². The Kier molecular flexibility index (Phi) is 4.67. The third kappa shape index (κ3) is 2.99. The minimum atomic E-state index is -0.128. The van der Waals surface area contributed by atoms with E-state index < -0.39 is 0 Å². The number of hydrogen-bond donors (Lipinski definition) is 2. The maximum absolute atomic E-state index is 12.8. The first-order valence-electron chi connectivity index (χ1n) is 9.28. The lowest BCUT2D eigenvalue weighted by Gasteiger charge is -2.33. The zero-order chi connectivity index (χ0) is 18.3. The SMILES string of the molecule is CCn1c(=S)[nH]c2cc(C(=O)N[C@@H]3CCC[C@@H]4OCC[C@@H]43)ccc2c1=O. The molecule has 2 fully saturated rings. The maximum Gasteiger partial charge on any atom is 0.262 e. The highest BCUT2D eigenvalue weighted by Crippen LogP contribution is 2.34. The molecule has 1 aliphatic heterocycles. The highest BCUT2D eigenvalue weighted by Gasteiger charge is 2.38. The van der Waals surface area contributed by atoms with Crippen molar-refractivity contribution in [1.29, 1.82) is 0 Å². The molecular weight excluding hydrogens is 350 g/mol. The van der Waals surface area contributed by atoms with Crippen molar-refractivity contribution in [1.82, 2.24) is 14.9 Å². The van der Waals surface area contributed by atoms with Gasteiger partial charge >= 0.3 is 0 Å². The fourth-order valence-electron chi connectivity index (χ4n) is 4.29. The molecule has 1 aliphatic carbocycles. The molecule has 138 valence electrons. The van der Waals surface area contributed by atoms with Gasteiger partial charge in [0.1, 0.15) is 0 Å². The predicted octanol–water partition coefficient (Wildman–Crippen LogP) is 2.77. The van der Waals surface area contributed by atoms with E-state index in [0.29, 0.717) is 33.7 Å². The first kappa shape index (κ1) is 17.4. The Morgan fingerprint density at radius 3 is 3.04 bits per heavy atom. The highest BCUT2D eigenvalue weighted by molar-refractivity contribution is 7.71. The molecule has 3 atom stereocenters. The van der Waals surface area contributed by atoms with E-state index in [4.69, 9.17) is 17.0 Å². The van der Waals surface area contributed by atoms with Gasteiger partial charge in [-0.05, 0) is 63.0 Å². The number of rotatable bonds is 3. The summed E-state index contributed by atoms with van der Waals surface area (Å²) in [4.78, 5) is 28.3. The minimum absolute atomic E-state index is 0.108. The van der Waals surface area contributed by atoms with Gasteiger partial charge in [-0.25, -0.2) is 0 Å². The standard InChI is InChI=1S/C19H23N3O3S/c1-2-22-18(24)13-7-6-11(10-15(13)21-19(22)26)17(23)20-14-4-3-5-16-12(14)8-9-25-16/h6-7,10,12,14,16H,2-5,8-9H2,1H3,(H,20,23)(H,21,26)/t12-,14-,16+/m1/s1. The molecule has 0 unspecified atom stereocenters. The lowest BCUT2D eigenvalue weighted by atomic mass is 9.81. The van der Waals surface area contributed by atoms with Gasteiger partial charge in [-0.1, -0.05) is 0 Å². The molecule has 0 bridgehead atoms. The number of H-pyrrole nitrogens is 1. The van der Waals surface area contributed by atoms with Crippen LogP contribution in [-0.2, 0) is 11.3 Å². The van der Waals surface area contributed by atoms with E-state index in [2.05, 4.69) is 10.3 Å². The Bertz CT molecular complexity index is 965. The normalized spacial score (nSPS) is 25.2. The lowest BCUT2D eigenvalue weighted by Crippen LogP contribution is -2.45. The summed E-state index contributed by atoms with van der Waals surface area (Å²) in [5, 5.41) is 3.72. The van der Waals surface area contributed by atoms with E-state index in [9.17, 15) is 9.59 Å². The number of ether oxygens (including phenoxy) is 1. The zero-order valence-electron chi connectivity index (χ0n) is 14.8. The van der Waals surface area contributed by atoms with Crippen LogP contribution < -0.4 is 10.9 Å². The number of carbonyl (C=O) groups excluding carboxylic acids is 1. The van der Waals surface area contributed by atoms with Crippen LogP contribution in [0.3, 0.4) is 0 Å². The van der Waals surface area contributed by atoms with Crippen molar-refractivity contribution in [3.8, 4) is 0 Å². The number of aromatic amines is 1. The molecule has 2 N–H and O–H groups in total. The van der Waals surface area contributed by atoms with Crippen LogP contribution in [0.1, 0.15) is 43.0 Å². The monoisotopic (exact) mass is 373 g/mol. The summed E-state index contributed by atoms with van der Waals surface area (Å²) in [6.07, 6.45) is 4.46. The van der Waals surface area contributed by atoms with Gasteiger partial charge in [0.05, 0.1) is 17.0 Å². The zero-order valence-corrected chi connectivity index (χ0v) is 15.6. The maximum atomic E-state index is 12.8. The van der Waals surface area contributed by atoms with Crippen LogP contribution >= 0.6 is 12.2 Å². The molecule has 1 aromatic heterocycles. The average molecular weight is 373 g/mol. The first-order chi connectivity index (χ1) is 12.6. The minimum Gasteiger partial charge on any atom is -0.378 e. The third-order valence-corrected chi connectivity index (χ3v) is 5.98. The summed E-state index contributed by atoms with van der Waals surface area (Å²) in [5.74, 6) is 0.305. The quantitative estimate of drug-likeness (QED) is 0.811. The van der Waals surface area contributed by atoms with Crippen molar-refractivity contribution in [2.45, 2.75) is 51.3 Å². The van der Waals surface area contributed by atoms with E-state index in [1.54, 1.807) is 18.2 Å². The van der Waals surface area contributed by atoms with E-state index in [1.165, 1.54) is 4.57 Å². The lowest BCUT2D eigenvalue weighted by molar-refractivity contribution is 0.0510. The summed E-state index contributed by atoms with van der Waals surface area (Å²) < 4.78 is 7.66. The summed E-state index contributed by atoms with van der Waals surface area (Å²) in [7, 11) is 0. The molecule has 1 saturated carbocycles. The molecule has 2 heterocycles. The molecule has 26 heavy (non-hydrogen) atoms. The van der Waals surface area contributed by atoms with Crippen LogP contribution in [-0.4, -0.2) is 34.2 Å². The third-order valence-electron chi connectivity index (χ3n) is 5.66. The van der Waals surface area contributed by atoms with Gasteiger partial charge in [-0.2, -0.15) is 0 Å². The largest absolute Gasteiger partial charge is 0.378 e. The second-order valence-electron chi connectivity index (χ2n) is 7.11. The smallest absolute Gasteiger partial charge is 0.262 e. The molecule has 1 saturated heterocycles. The van der Waals surface area contributed by atoms with Crippen molar-refractivity contribution < 1.29 is 9.53 Å². The molecule has 0 spiro atoms. The fourth-order valence-corrected chi connectivity index (χ4v) is 4.61. The topological polar surface area (TPSA) is 76.1 Å². The second-order valence-corrected chi connectivity index (χ2v) is 7.50. The predicted molar refractivity (Wildman–Crippen MR) is 102 cm³/mol. The van der Waals surface area contributed by atoms with Gasteiger partial charge in [0.2, 0.25) is 0 Å². The number of nitrogens with zero attached hydrogens (tertiary/aromatic N) is 1. The number of benzene rings is 1. The van der Waals surface area contributed by atoms with Crippen LogP contribution in [0.25, 0.3) is 10.9 Å². The van der Waals surface area contributed by atoms with Crippen molar-refractivity contribution in [3.05, 3.63) is 38.9 Å². The summed E-state index contributed by atoms with van der Waals surface area (Å²) >= 11 is 5.25. The van der Waals surface area contributed by atoms with Crippen molar-refractivity contribution in [3.63, 3.8) is 0 Å². The summed E-state index contributed by atoms with van der Waals surface area (Å²) in [5.41, 5.74) is 1.01. The van der Waals surface area contributed by atoms with Crippen LogP contribution in [0.15, 0.2) is 23.0 Å². The van der Waals surface area contributed by atoms with Gasteiger partial charge in [0.25, 0.3) is 11.5 Å². The molecule has 1 aromatic carbocycles. The Hall–Kier alpha value is -1.99. The van der Waals surface area contributed by atoms with Crippen LogP contribution in [0.4, 0.5) is 0 Å². The van der Waals surface area contributed by atoms with Crippen molar-refractivity contribution in [2.75, 3.05) is 6.61 Å². The number of amides is 1. The second kappa shape index (κ2) is 6.96. The number of carbonyl (C=O) groups is 1. The van der Waals surface area contributed by atoms with Gasteiger partial charge in [0.15, 0.2) is 4.77 Å².